The van der Waals surface area contributed by atoms with Crippen LogP contribution in [0.5, 0.6) is 5.88 Å². The number of hydrogen-bond donors (Lipinski definition) is 0. The van der Waals surface area contributed by atoms with Crippen LogP contribution in [0.2, 0.25) is 0 Å². The minimum Gasteiger partial charge on any atom is -0.473 e. The van der Waals surface area contributed by atoms with Crippen LogP contribution in [0.3, 0.4) is 0 Å². The molecule has 6 aromatic rings. The fraction of sp³-hybridized carbons (Fsp3) is 0.162. The van der Waals surface area contributed by atoms with Gasteiger partial charge in [-0.1, -0.05) is 24.3 Å². The highest BCUT2D eigenvalue weighted by molar-refractivity contribution is 5.93. The van der Waals surface area contributed by atoms with Gasteiger partial charge < -0.3 is 18.8 Å². The van der Waals surface area contributed by atoms with E-state index in [0.717, 1.165) is 39.1 Å². The smallest absolute Gasteiger partial charge is 0.337 e. The third-order valence-corrected chi connectivity index (χ3v) is 7.79. The highest BCUT2D eigenvalue weighted by atomic mass is 19.1. The zero-order chi connectivity index (χ0) is 32.8. The van der Waals surface area contributed by atoms with Gasteiger partial charge in [0.15, 0.2) is 0 Å². The number of imidazole rings is 1. The van der Waals surface area contributed by atoms with Crippen LogP contribution in [0.4, 0.5) is 4.39 Å². The van der Waals surface area contributed by atoms with Crippen molar-refractivity contribution in [1.82, 2.24) is 19.5 Å². The van der Waals surface area contributed by atoms with Crippen LogP contribution in [-0.4, -0.2) is 46.3 Å². The maximum atomic E-state index is 14.4. The SMILES string of the molecule is COCCn1c(Cc2ccc(-c3cccc(OCc4ccc(C#N)cc4F)n3)cc2-c2ccncc2)nc2ccc(C(=O)OC)cc21. The number of ether oxygens (including phenoxy) is 3. The third kappa shape index (κ3) is 6.85. The number of nitrogens with zero attached hydrogens (tertiary/aromatic N) is 5. The Morgan fingerprint density at radius 3 is 2.51 bits per heavy atom. The van der Waals surface area contributed by atoms with E-state index in [1.165, 1.54) is 13.2 Å². The molecule has 0 saturated carbocycles. The molecule has 3 aromatic heterocycles. The maximum absolute atomic E-state index is 14.4. The third-order valence-electron chi connectivity index (χ3n) is 7.79. The van der Waals surface area contributed by atoms with Crippen molar-refractivity contribution in [2.45, 2.75) is 19.6 Å². The van der Waals surface area contributed by atoms with Crippen LogP contribution in [0.15, 0.2) is 97.3 Å². The molecule has 0 atom stereocenters. The van der Waals surface area contributed by atoms with E-state index in [-0.39, 0.29) is 12.2 Å². The molecule has 0 amide bonds. The van der Waals surface area contributed by atoms with E-state index in [1.807, 2.05) is 42.5 Å². The summed E-state index contributed by atoms with van der Waals surface area (Å²) in [6, 6.07) is 27.1. The molecule has 0 aliphatic heterocycles. The number of aromatic nitrogens is 4. The monoisotopic (exact) mass is 627 g/mol. The number of pyridine rings is 2. The summed E-state index contributed by atoms with van der Waals surface area (Å²) in [6.07, 6.45) is 4.02. The second-order valence-electron chi connectivity index (χ2n) is 10.7. The zero-order valence-corrected chi connectivity index (χ0v) is 25.8. The number of hydrogen-bond acceptors (Lipinski definition) is 8. The lowest BCUT2D eigenvalue weighted by atomic mass is 9.94. The van der Waals surface area contributed by atoms with Gasteiger partial charge in [-0.3, -0.25) is 4.98 Å². The predicted molar refractivity (Wildman–Crippen MR) is 174 cm³/mol. The summed E-state index contributed by atoms with van der Waals surface area (Å²) < 4.78 is 32.7. The lowest BCUT2D eigenvalue weighted by Gasteiger charge is -2.14. The van der Waals surface area contributed by atoms with Gasteiger partial charge in [-0.05, 0) is 71.3 Å². The second-order valence-corrected chi connectivity index (χ2v) is 10.7. The quantitative estimate of drug-likeness (QED) is 0.145. The van der Waals surface area contributed by atoms with E-state index in [4.69, 9.17) is 29.4 Å². The van der Waals surface area contributed by atoms with Gasteiger partial charge in [0.25, 0.3) is 0 Å². The van der Waals surface area contributed by atoms with E-state index in [2.05, 4.69) is 21.7 Å². The standard InChI is InChI=1S/C37H30FN5O4/c1-45-17-16-43-34-20-28(37(44)46-2)10-11-33(34)41-35(43)21-26-8-9-27(19-30(26)25-12-14-40-15-13-25)32-4-3-5-36(42-32)47-23-29-7-6-24(22-39)18-31(29)38/h3-15,18-20H,16-17,21,23H2,1-2H3. The number of rotatable bonds is 11. The Kier molecular flexibility index (Phi) is 9.27. The fourth-order valence-corrected chi connectivity index (χ4v) is 5.39. The minimum absolute atomic E-state index is 0.0274. The number of benzene rings is 3. The van der Waals surface area contributed by atoms with E-state index in [9.17, 15) is 9.18 Å². The van der Waals surface area contributed by atoms with Crippen molar-refractivity contribution in [2.75, 3.05) is 20.8 Å². The summed E-state index contributed by atoms with van der Waals surface area (Å²) >= 11 is 0. The summed E-state index contributed by atoms with van der Waals surface area (Å²) in [5.74, 6) is 0.259. The van der Waals surface area contributed by atoms with Gasteiger partial charge in [0.05, 0.1) is 47.6 Å². The van der Waals surface area contributed by atoms with Gasteiger partial charge in [0.2, 0.25) is 5.88 Å². The summed E-state index contributed by atoms with van der Waals surface area (Å²) in [4.78, 5) is 26.1. The van der Waals surface area contributed by atoms with Crippen LogP contribution >= 0.6 is 0 Å². The zero-order valence-electron chi connectivity index (χ0n) is 25.8. The summed E-state index contributed by atoms with van der Waals surface area (Å²) in [7, 11) is 3.01. The summed E-state index contributed by atoms with van der Waals surface area (Å²) in [5, 5.41) is 9.01. The molecule has 0 saturated heterocycles. The van der Waals surface area contributed by atoms with Gasteiger partial charge in [-0.2, -0.15) is 5.26 Å². The maximum Gasteiger partial charge on any atom is 0.337 e. The largest absolute Gasteiger partial charge is 0.473 e. The molecule has 234 valence electrons. The fourth-order valence-electron chi connectivity index (χ4n) is 5.39. The lowest BCUT2D eigenvalue weighted by molar-refractivity contribution is 0.0601. The predicted octanol–water partition coefficient (Wildman–Crippen LogP) is 6.77. The number of esters is 1. The summed E-state index contributed by atoms with van der Waals surface area (Å²) in [5.41, 5.74) is 7.18. The number of nitriles is 1. The molecule has 0 fully saturated rings. The second kappa shape index (κ2) is 14.0. The average Bonchev–Trinajstić information content (AvgIpc) is 3.46. The Balaban J connectivity index is 1.34. The molecule has 10 heteroatoms. The van der Waals surface area contributed by atoms with Gasteiger partial charge in [-0.25, -0.2) is 19.2 Å². The molecule has 0 aliphatic carbocycles. The van der Waals surface area contributed by atoms with E-state index in [1.54, 1.807) is 49.8 Å². The van der Waals surface area contributed by atoms with Crippen molar-refractivity contribution >= 4 is 17.0 Å². The number of carbonyl (C=O) groups excluding carboxylic acids is 1. The molecular formula is C37H30FN5O4. The Morgan fingerprint density at radius 2 is 1.74 bits per heavy atom. The first-order valence-corrected chi connectivity index (χ1v) is 14.9. The molecule has 3 heterocycles. The molecule has 0 aliphatic rings. The van der Waals surface area contributed by atoms with Gasteiger partial charge in [0, 0.05) is 49.7 Å². The molecule has 9 nitrogen and oxygen atoms in total. The normalized spacial score (nSPS) is 10.9. The molecule has 0 spiro atoms. The lowest BCUT2D eigenvalue weighted by Crippen LogP contribution is -2.10. The first kappa shape index (κ1) is 31.1. The molecule has 0 unspecified atom stereocenters. The molecule has 0 radical (unpaired) electrons. The first-order valence-electron chi connectivity index (χ1n) is 14.9. The van der Waals surface area contributed by atoms with E-state index < -0.39 is 11.8 Å². The number of methoxy groups -OCH3 is 2. The Hall–Kier alpha value is -5.92. The van der Waals surface area contributed by atoms with E-state index in [0.29, 0.717) is 42.3 Å². The van der Waals surface area contributed by atoms with E-state index >= 15 is 0 Å². The van der Waals surface area contributed by atoms with Gasteiger partial charge in [-0.15, -0.1) is 0 Å². The van der Waals surface area contributed by atoms with Crippen molar-refractivity contribution in [3.8, 4) is 34.3 Å². The van der Waals surface area contributed by atoms with Crippen LogP contribution in [0, 0.1) is 17.1 Å². The molecule has 6 rings (SSSR count). The highest BCUT2D eigenvalue weighted by Gasteiger charge is 2.17. The van der Waals surface area contributed by atoms with Crippen LogP contribution in [0.1, 0.15) is 32.9 Å². The number of fused-ring (bicyclic) bond motifs is 1. The average molecular weight is 628 g/mol. The highest BCUT2D eigenvalue weighted by Crippen LogP contribution is 2.32. The summed E-state index contributed by atoms with van der Waals surface area (Å²) in [6.45, 7) is 0.998. The van der Waals surface area contributed by atoms with Crippen LogP contribution in [-0.2, 0) is 29.0 Å². The molecule has 47 heavy (non-hydrogen) atoms. The first-order chi connectivity index (χ1) is 23.0. The minimum atomic E-state index is -0.502. The number of carbonyl (C=O) groups is 1. The Bertz CT molecular complexity index is 2110. The van der Waals surface area contributed by atoms with Gasteiger partial charge >= 0.3 is 5.97 Å². The molecule has 0 bridgehead atoms. The van der Waals surface area contributed by atoms with Crippen molar-refractivity contribution in [3.05, 3.63) is 131 Å². The molecule has 3 aromatic carbocycles. The van der Waals surface area contributed by atoms with Crippen LogP contribution < -0.4 is 4.74 Å². The van der Waals surface area contributed by atoms with Crippen molar-refractivity contribution in [1.29, 1.82) is 5.26 Å². The Labute approximate surface area is 270 Å². The van der Waals surface area contributed by atoms with Crippen molar-refractivity contribution in [3.63, 3.8) is 0 Å². The number of halogens is 1. The van der Waals surface area contributed by atoms with Gasteiger partial charge in [0.1, 0.15) is 18.2 Å². The van der Waals surface area contributed by atoms with Crippen molar-refractivity contribution in [2.24, 2.45) is 0 Å². The molecular weight excluding hydrogens is 597 g/mol. The van der Waals surface area contributed by atoms with Crippen LogP contribution in [0.25, 0.3) is 33.4 Å². The van der Waals surface area contributed by atoms with Crippen molar-refractivity contribution < 1.29 is 23.4 Å². The Morgan fingerprint density at radius 1 is 0.915 bits per heavy atom. The topological polar surface area (TPSA) is 112 Å². The molecule has 0 N–H and O–H groups in total.